The normalized spacial score (nSPS) is 11.9. The molecule has 0 atom stereocenters. The maximum Gasteiger partial charge on any atom is 0.433 e. The van der Waals surface area contributed by atoms with E-state index in [2.05, 4.69) is 10.3 Å². The van der Waals surface area contributed by atoms with E-state index in [1.165, 1.54) is 13.0 Å². The molecular weight excluding hydrogens is 272 g/mol. The molecule has 1 heterocycles. The first-order valence-corrected chi connectivity index (χ1v) is 6.17. The molecule has 108 valence electrons. The van der Waals surface area contributed by atoms with Crippen LogP contribution in [0.3, 0.4) is 0 Å². The summed E-state index contributed by atoms with van der Waals surface area (Å²) in [6.45, 7) is 5.27. The third-order valence-corrected chi connectivity index (χ3v) is 3.16. The Morgan fingerprint density at radius 1 is 1.20 bits per heavy atom. The Balaban J connectivity index is 2.95. The topological polar surface area (TPSA) is 24.9 Å². The van der Waals surface area contributed by atoms with E-state index in [9.17, 15) is 17.6 Å². The van der Waals surface area contributed by atoms with Gasteiger partial charge in [-0.15, -0.1) is 0 Å². The van der Waals surface area contributed by atoms with Crippen LogP contribution in [0, 0.1) is 19.7 Å². The zero-order valence-corrected chi connectivity index (χ0v) is 11.3. The molecule has 0 unspecified atom stereocenters. The molecule has 0 fully saturated rings. The number of nitrogens with one attached hydrogen (secondary N) is 1. The van der Waals surface area contributed by atoms with E-state index >= 15 is 0 Å². The van der Waals surface area contributed by atoms with Gasteiger partial charge in [-0.1, -0.05) is 6.07 Å². The van der Waals surface area contributed by atoms with Gasteiger partial charge in [-0.25, -0.2) is 9.37 Å². The summed E-state index contributed by atoms with van der Waals surface area (Å²) in [7, 11) is 0. The molecule has 6 heteroatoms. The third-order valence-electron chi connectivity index (χ3n) is 3.16. The highest BCUT2D eigenvalue weighted by Crippen LogP contribution is 2.38. The number of fused-ring (bicyclic) bond motifs is 1. The van der Waals surface area contributed by atoms with Gasteiger partial charge in [-0.2, -0.15) is 13.2 Å². The van der Waals surface area contributed by atoms with Gasteiger partial charge in [0, 0.05) is 23.2 Å². The van der Waals surface area contributed by atoms with Gasteiger partial charge in [0.1, 0.15) is 17.0 Å². The van der Waals surface area contributed by atoms with Gasteiger partial charge in [0.25, 0.3) is 0 Å². The summed E-state index contributed by atoms with van der Waals surface area (Å²) in [4.78, 5) is 3.51. The van der Waals surface area contributed by atoms with Crippen LogP contribution in [0.25, 0.3) is 10.9 Å². The molecule has 1 N–H and O–H groups in total. The molecule has 1 aromatic carbocycles. The van der Waals surface area contributed by atoms with Crippen molar-refractivity contribution in [2.75, 3.05) is 11.9 Å². The van der Waals surface area contributed by atoms with Gasteiger partial charge in [0.05, 0.1) is 0 Å². The zero-order chi connectivity index (χ0) is 15.1. The van der Waals surface area contributed by atoms with Crippen LogP contribution in [0.4, 0.5) is 23.2 Å². The number of rotatable bonds is 2. The minimum absolute atomic E-state index is 0.0134. The van der Waals surface area contributed by atoms with E-state index in [0.29, 0.717) is 23.2 Å². The second kappa shape index (κ2) is 4.92. The SMILES string of the molecule is CCNc1c(C)c(C(F)(F)F)nc2c(F)ccc(C)c12. The van der Waals surface area contributed by atoms with E-state index < -0.39 is 17.7 Å². The molecule has 1 aromatic heterocycles. The largest absolute Gasteiger partial charge is 0.433 e. The number of hydrogen-bond acceptors (Lipinski definition) is 2. The molecular formula is C14H14F4N2. The zero-order valence-electron chi connectivity index (χ0n) is 11.3. The summed E-state index contributed by atoms with van der Waals surface area (Å²) < 4.78 is 52.9. The van der Waals surface area contributed by atoms with Gasteiger partial charge in [0.15, 0.2) is 0 Å². The van der Waals surface area contributed by atoms with Crippen LogP contribution in [0.15, 0.2) is 12.1 Å². The van der Waals surface area contributed by atoms with Crippen molar-refractivity contribution in [2.24, 2.45) is 0 Å². The number of benzene rings is 1. The molecule has 2 aromatic rings. The molecule has 0 aliphatic heterocycles. The molecule has 0 saturated heterocycles. The van der Waals surface area contributed by atoms with Gasteiger partial charge < -0.3 is 5.32 Å². The predicted octanol–water partition coefficient (Wildman–Crippen LogP) is 4.44. The van der Waals surface area contributed by atoms with E-state index in [1.54, 1.807) is 13.8 Å². The Hall–Kier alpha value is -1.85. The lowest BCUT2D eigenvalue weighted by Gasteiger charge is -2.18. The van der Waals surface area contributed by atoms with E-state index in [-0.39, 0.29) is 11.1 Å². The fraction of sp³-hybridized carbons (Fsp3) is 0.357. The van der Waals surface area contributed by atoms with E-state index in [1.807, 2.05) is 0 Å². The van der Waals surface area contributed by atoms with E-state index in [4.69, 9.17) is 0 Å². The molecule has 0 bridgehead atoms. The second-order valence-corrected chi connectivity index (χ2v) is 4.58. The standard InChI is InChI=1S/C14H14F4N2/c1-4-19-11-8(3)13(14(16,17)18)20-12-9(15)6-5-7(2)10(11)12/h5-6H,4H2,1-3H3,(H,19,20). The summed E-state index contributed by atoms with van der Waals surface area (Å²) in [6, 6.07) is 2.67. The van der Waals surface area contributed by atoms with Crippen LogP contribution in [0.2, 0.25) is 0 Å². The fourth-order valence-electron chi connectivity index (χ4n) is 2.27. The van der Waals surface area contributed by atoms with Gasteiger partial charge >= 0.3 is 6.18 Å². The average molecular weight is 286 g/mol. The number of anilines is 1. The molecule has 2 rings (SSSR count). The molecule has 0 radical (unpaired) electrons. The highest BCUT2D eigenvalue weighted by Gasteiger charge is 2.36. The maximum atomic E-state index is 13.8. The lowest BCUT2D eigenvalue weighted by molar-refractivity contribution is -0.141. The first-order chi connectivity index (χ1) is 9.27. The molecule has 0 saturated carbocycles. The first kappa shape index (κ1) is 14.6. The molecule has 0 aliphatic rings. The van der Waals surface area contributed by atoms with Crippen LogP contribution in [0.5, 0.6) is 0 Å². The number of aryl methyl sites for hydroxylation is 1. The van der Waals surface area contributed by atoms with Crippen molar-refractivity contribution in [2.45, 2.75) is 26.9 Å². The smallest absolute Gasteiger partial charge is 0.384 e. The van der Waals surface area contributed by atoms with E-state index in [0.717, 1.165) is 6.07 Å². The minimum Gasteiger partial charge on any atom is -0.384 e. The quantitative estimate of drug-likeness (QED) is 0.825. The van der Waals surface area contributed by atoms with Crippen LogP contribution < -0.4 is 5.32 Å². The summed E-state index contributed by atoms with van der Waals surface area (Å²) in [5, 5.41) is 3.29. The number of halogens is 4. The molecule has 2 nitrogen and oxygen atoms in total. The Bertz CT molecular complexity index is 662. The Labute approximate surface area is 113 Å². The van der Waals surface area contributed by atoms with Crippen LogP contribution >= 0.6 is 0 Å². The summed E-state index contributed by atoms with van der Waals surface area (Å²) in [6.07, 6.45) is -4.61. The summed E-state index contributed by atoms with van der Waals surface area (Å²) >= 11 is 0. The van der Waals surface area contributed by atoms with Crippen molar-refractivity contribution in [1.29, 1.82) is 0 Å². The predicted molar refractivity (Wildman–Crippen MR) is 70.3 cm³/mol. The van der Waals surface area contributed by atoms with Crippen molar-refractivity contribution in [3.05, 3.63) is 34.8 Å². The Kier molecular flexibility index (Phi) is 3.58. The summed E-state index contributed by atoms with van der Waals surface area (Å²) in [5.74, 6) is -0.754. The lowest BCUT2D eigenvalue weighted by Crippen LogP contribution is -2.14. The Morgan fingerprint density at radius 2 is 1.85 bits per heavy atom. The van der Waals surface area contributed by atoms with Crippen molar-refractivity contribution < 1.29 is 17.6 Å². The number of aromatic nitrogens is 1. The molecule has 0 amide bonds. The van der Waals surface area contributed by atoms with Crippen LogP contribution in [0.1, 0.15) is 23.7 Å². The van der Waals surface area contributed by atoms with Crippen molar-refractivity contribution in [3.8, 4) is 0 Å². The fourth-order valence-corrected chi connectivity index (χ4v) is 2.27. The number of pyridine rings is 1. The number of alkyl halides is 3. The van der Waals surface area contributed by atoms with Gasteiger partial charge in [-0.05, 0) is 32.4 Å². The maximum absolute atomic E-state index is 13.8. The summed E-state index contributed by atoms with van der Waals surface area (Å²) in [5.41, 5.74) is -0.339. The van der Waals surface area contributed by atoms with Crippen molar-refractivity contribution in [1.82, 2.24) is 4.98 Å². The number of hydrogen-bond donors (Lipinski definition) is 1. The third kappa shape index (κ3) is 2.30. The minimum atomic E-state index is -4.61. The monoisotopic (exact) mass is 286 g/mol. The van der Waals surface area contributed by atoms with Crippen molar-refractivity contribution >= 4 is 16.6 Å². The first-order valence-electron chi connectivity index (χ1n) is 6.17. The molecule has 0 spiro atoms. The Morgan fingerprint density at radius 3 is 2.40 bits per heavy atom. The second-order valence-electron chi connectivity index (χ2n) is 4.58. The molecule has 0 aliphatic carbocycles. The highest BCUT2D eigenvalue weighted by atomic mass is 19.4. The van der Waals surface area contributed by atoms with Crippen LogP contribution in [-0.2, 0) is 6.18 Å². The highest BCUT2D eigenvalue weighted by molar-refractivity contribution is 5.96. The van der Waals surface area contributed by atoms with Gasteiger partial charge in [0.2, 0.25) is 0 Å². The van der Waals surface area contributed by atoms with Crippen LogP contribution in [-0.4, -0.2) is 11.5 Å². The van der Waals surface area contributed by atoms with Crippen molar-refractivity contribution in [3.63, 3.8) is 0 Å². The lowest BCUT2D eigenvalue weighted by atomic mass is 10.0. The molecule has 20 heavy (non-hydrogen) atoms. The number of nitrogens with zero attached hydrogens (tertiary/aromatic N) is 1. The van der Waals surface area contributed by atoms with Gasteiger partial charge in [-0.3, -0.25) is 0 Å². The average Bonchev–Trinajstić information content (AvgIpc) is 2.35.